The van der Waals surface area contributed by atoms with E-state index in [9.17, 15) is 9.59 Å². The predicted molar refractivity (Wildman–Crippen MR) is 102 cm³/mol. The van der Waals surface area contributed by atoms with E-state index < -0.39 is 0 Å². The molecular formula is C21H32N2O2. The normalized spacial score (nSPS) is 15.6. The van der Waals surface area contributed by atoms with Crippen molar-refractivity contribution in [1.29, 1.82) is 0 Å². The zero-order valence-corrected chi connectivity index (χ0v) is 15.6. The minimum absolute atomic E-state index is 0.0191. The van der Waals surface area contributed by atoms with Crippen LogP contribution in [0.1, 0.15) is 67.8 Å². The average molecular weight is 344 g/mol. The number of ketones is 1. The number of rotatable bonds is 9. The van der Waals surface area contributed by atoms with E-state index in [4.69, 9.17) is 0 Å². The van der Waals surface area contributed by atoms with Crippen molar-refractivity contribution in [3.8, 4) is 0 Å². The summed E-state index contributed by atoms with van der Waals surface area (Å²) in [7, 11) is 0. The lowest BCUT2D eigenvalue weighted by atomic mass is 10.0. The van der Waals surface area contributed by atoms with Gasteiger partial charge in [0.15, 0.2) is 5.78 Å². The van der Waals surface area contributed by atoms with Gasteiger partial charge in [-0.2, -0.15) is 0 Å². The minimum Gasteiger partial charge on any atom is -0.356 e. The smallest absolute Gasteiger partial charge is 0.220 e. The largest absolute Gasteiger partial charge is 0.356 e. The van der Waals surface area contributed by atoms with Gasteiger partial charge in [-0.15, -0.1) is 0 Å². The molecule has 0 unspecified atom stereocenters. The fraction of sp³-hybridized carbons (Fsp3) is 0.619. The number of carbonyl (C=O) groups is 2. The van der Waals surface area contributed by atoms with E-state index in [0.29, 0.717) is 12.1 Å². The third-order valence-electron chi connectivity index (χ3n) is 4.94. The van der Waals surface area contributed by atoms with Crippen LogP contribution in [0.4, 0.5) is 0 Å². The quantitative estimate of drug-likeness (QED) is 0.550. The van der Waals surface area contributed by atoms with E-state index in [1.165, 1.54) is 44.3 Å². The second kappa shape index (κ2) is 11.0. The van der Waals surface area contributed by atoms with Crippen LogP contribution >= 0.6 is 0 Å². The van der Waals surface area contributed by atoms with Crippen molar-refractivity contribution < 1.29 is 9.59 Å². The number of amides is 1. The molecule has 1 aliphatic rings. The van der Waals surface area contributed by atoms with E-state index in [1.807, 2.05) is 24.3 Å². The summed E-state index contributed by atoms with van der Waals surface area (Å²) in [5.74, 6) is 0.0248. The van der Waals surface area contributed by atoms with Crippen molar-refractivity contribution in [3.63, 3.8) is 0 Å². The molecule has 1 N–H and O–H groups in total. The van der Waals surface area contributed by atoms with Crippen LogP contribution in [-0.4, -0.2) is 42.8 Å². The van der Waals surface area contributed by atoms with Crippen LogP contribution in [0.15, 0.2) is 24.3 Å². The van der Waals surface area contributed by atoms with Gasteiger partial charge in [0.25, 0.3) is 0 Å². The Morgan fingerprint density at radius 3 is 2.32 bits per heavy atom. The Morgan fingerprint density at radius 1 is 1.00 bits per heavy atom. The van der Waals surface area contributed by atoms with Crippen LogP contribution in [0.5, 0.6) is 0 Å². The first kappa shape index (κ1) is 19.6. The molecule has 138 valence electrons. The molecule has 2 rings (SSSR count). The van der Waals surface area contributed by atoms with Crippen molar-refractivity contribution in [2.75, 3.05) is 26.2 Å². The number of benzene rings is 1. The maximum absolute atomic E-state index is 12.1. The van der Waals surface area contributed by atoms with E-state index in [-0.39, 0.29) is 24.5 Å². The number of carbonyl (C=O) groups excluding carboxylic acids is 2. The highest BCUT2D eigenvalue weighted by atomic mass is 16.2. The van der Waals surface area contributed by atoms with Gasteiger partial charge in [0, 0.05) is 24.9 Å². The summed E-state index contributed by atoms with van der Waals surface area (Å²) in [4.78, 5) is 26.5. The molecule has 1 fully saturated rings. The highest BCUT2D eigenvalue weighted by Gasteiger charge is 2.10. The van der Waals surface area contributed by atoms with E-state index in [2.05, 4.69) is 17.1 Å². The van der Waals surface area contributed by atoms with Crippen molar-refractivity contribution in [1.82, 2.24) is 10.2 Å². The Balaban J connectivity index is 1.59. The number of nitrogens with one attached hydrogen (secondary N) is 1. The molecule has 0 aliphatic carbocycles. The van der Waals surface area contributed by atoms with E-state index in [1.54, 1.807) is 0 Å². The van der Waals surface area contributed by atoms with Crippen molar-refractivity contribution >= 4 is 11.7 Å². The van der Waals surface area contributed by atoms with E-state index >= 15 is 0 Å². The second-order valence-electron chi connectivity index (χ2n) is 6.93. The maximum Gasteiger partial charge on any atom is 0.220 e. The molecule has 0 saturated carbocycles. The Kier molecular flexibility index (Phi) is 8.67. The van der Waals surface area contributed by atoms with Gasteiger partial charge in [0.2, 0.25) is 5.91 Å². The molecule has 25 heavy (non-hydrogen) atoms. The first-order valence-electron chi connectivity index (χ1n) is 9.80. The summed E-state index contributed by atoms with van der Waals surface area (Å²) >= 11 is 0. The van der Waals surface area contributed by atoms with Crippen LogP contribution in [0, 0.1) is 0 Å². The molecule has 0 radical (unpaired) electrons. The first-order valence-corrected chi connectivity index (χ1v) is 9.80. The van der Waals surface area contributed by atoms with Gasteiger partial charge in [-0.3, -0.25) is 9.59 Å². The van der Waals surface area contributed by atoms with Crippen molar-refractivity contribution in [3.05, 3.63) is 35.4 Å². The molecule has 4 nitrogen and oxygen atoms in total. The Bertz CT molecular complexity index is 531. The summed E-state index contributed by atoms with van der Waals surface area (Å²) < 4.78 is 0. The molecule has 0 bridgehead atoms. The number of Topliss-reactive ketones (excluding diaryl/α,β-unsaturated/α-hetero) is 1. The van der Waals surface area contributed by atoms with E-state index in [0.717, 1.165) is 19.4 Å². The molecule has 4 heteroatoms. The lowest BCUT2D eigenvalue weighted by Gasteiger charge is -2.19. The fourth-order valence-electron chi connectivity index (χ4n) is 3.28. The van der Waals surface area contributed by atoms with Crippen LogP contribution in [0.2, 0.25) is 0 Å². The first-order chi connectivity index (χ1) is 12.2. The number of hydrogen-bond donors (Lipinski definition) is 1. The molecule has 0 aromatic heterocycles. The number of hydrogen-bond acceptors (Lipinski definition) is 3. The molecule has 1 aromatic carbocycles. The Labute approximate surface area is 152 Å². The van der Waals surface area contributed by atoms with Crippen LogP contribution in [-0.2, 0) is 11.2 Å². The topological polar surface area (TPSA) is 49.4 Å². The zero-order chi connectivity index (χ0) is 17.9. The summed E-state index contributed by atoms with van der Waals surface area (Å²) in [6.07, 6.45) is 7.81. The molecule has 1 heterocycles. The number of nitrogens with zero attached hydrogens (tertiary/aromatic N) is 1. The monoisotopic (exact) mass is 344 g/mol. The lowest BCUT2D eigenvalue weighted by Crippen LogP contribution is -2.30. The zero-order valence-electron chi connectivity index (χ0n) is 15.6. The van der Waals surface area contributed by atoms with Crippen LogP contribution in [0.25, 0.3) is 0 Å². The number of likely N-dealkylation sites (tertiary alicyclic amines) is 1. The minimum atomic E-state index is -0.0191. The van der Waals surface area contributed by atoms with Crippen molar-refractivity contribution in [2.24, 2.45) is 0 Å². The highest BCUT2D eigenvalue weighted by Crippen LogP contribution is 2.10. The Hall–Kier alpha value is -1.68. The molecule has 1 aromatic rings. The van der Waals surface area contributed by atoms with Gasteiger partial charge in [-0.25, -0.2) is 0 Å². The van der Waals surface area contributed by atoms with Gasteiger partial charge < -0.3 is 10.2 Å². The standard InChI is InChI=1S/C21H32N2O2/c1-2-18-8-10-19(11-9-18)20(24)12-13-21(25)22-14-7-17-23-15-5-3-4-6-16-23/h8-11H,2-7,12-17H2,1H3,(H,22,25). The number of aryl methyl sites for hydroxylation is 1. The predicted octanol–water partition coefficient (Wildman–Crippen LogP) is 3.59. The average Bonchev–Trinajstić information content (AvgIpc) is 2.92. The van der Waals surface area contributed by atoms with Gasteiger partial charge in [0.05, 0.1) is 0 Å². The van der Waals surface area contributed by atoms with Crippen LogP contribution in [0.3, 0.4) is 0 Å². The van der Waals surface area contributed by atoms with Gasteiger partial charge in [0.1, 0.15) is 0 Å². The molecule has 0 spiro atoms. The van der Waals surface area contributed by atoms with Gasteiger partial charge >= 0.3 is 0 Å². The summed E-state index contributed by atoms with van der Waals surface area (Å²) in [5, 5.41) is 2.95. The molecule has 0 atom stereocenters. The third-order valence-corrected chi connectivity index (χ3v) is 4.94. The fourth-order valence-corrected chi connectivity index (χ4v) is 3.28. The van der Waals surface area contributed by atoms with Gasteiger partial charge in [-0.1, -0.05) is 44.0 Å². The molecule has 1 aliphatic heterocycles. The summed E-state index contributed by atoms with van der Waals surface area (Å²) in [6, 6.07) is 7.69. The molecule has 1 amide bonds. The molecular weight excluding hydrogens is 312 g/mol. The van der Waals surface area contributed by atoms with Crippen molar-refractivity contribution in [2.45, 2.75) is 58.3 Å². The highest BCUT2D eigenvalue weighted by molar-refractivity contribution is 5.97. The van der Waals surface area contributed by atoms with Crippen LogP contribution < -0.4 is 5.32 Å². The second-order valence-corrected chi connectivity index (χ2v) is 6.93. The lowest BCUT2D eigenvalue weighted by molar-refractivity contribution is -0.121. The molecule has 1 saturated heterocycles. The SMILES string of the molecule is CCc1ccc(C(=O)CCC(=O)NCCCN2CCCCCC2)cc1. The van der Waals surface area contributed by atoms with Gasteiger partial charge in [-0.05, 0) is 50.9 Å². The Morgan fingerprint density at radius 2 is 1.68 bits per heavy atom. The summed E-state index contributed by atoms with van der Waals surface area (Å²) in [6.45, 7) is 6.24. The third kappa shape index (κ3) is 7.39. The maximum atomic E-state index is 12.1. The summed E-state index contributed by atoms with van der Waals surface area (Å²) in [5.41, 5.74) is 1.92.